The van der Waals surface area contributed by atoms with E-state index >= 15 is 0 Å². The van der Waals surface area contributed by atoms with Gasteiger partial charge in [-0.15, -0.1) is 0 Å². The third-order valence-corrected chi connectivity index (χ3v) is 35.0. The molecule has 8 aliphatic carbocycles. The number of rotatable bonds is 16. The van der Waals surface area contributed by atoms with E-state index in [1.165, 1.54) is 106 Å². The van der Waals surface area contributed by atoms with E-state index in [2.05, 4.69) is 141 Å². The van der Waals surface area contributed by atoms with Gasteiger partial charge in [0, 0.05) is 18.9 Å². The zero-order chi connectivity index (χ0) is 60.2. The molecule has 2 N–H and O–H groups in total. The Morgan fingerprint density at radius 3 is 1.66 bits per heavy atom. The standard InChI is InChI=1S/C27H42O2.C26H40O3.C23H24BrO2P/c1-18(7-5-6-8-19(2)28)23-11-12-24-22-10-9-20-17-21(29)13-15-26(20,3)25(22)14-16-27(23,24)4;1-17(27)21-9-10-22-20-8-7-18-16-19(29-24-6-4-5-15-28-24)11-13-25(18,2)23(20)12-14-26(21,22)3;24-27(19-11-10-18-23(25)26,20-12-4-1-5-13-20,21-14-6-2-7-15-21)22-16-8-3-9-17-22/h7,9,21-25,29H,5-6,8,10-17H2,1-4H3;7,19-24H,4-6,8-16H2,1-3H3;1-9,12-17H,10-11,18-19H2,(H,25,26)/b18-7+;;/t21-,22-,23+,24-,25-,26-,27+;19-,20-,21+,22-,23-,24?,25-,26+;/m00./s1. The van der Waals surface area contributed by atoms with Gasteiger partial charge in [0.15, 0.2) is 6.29 Å². The quantitative estimate of drug-likeness (QED) is 0.0835. The second-order valence-electron chi connectivity index (χ2n) is 29.5. The van der Waals surface area contributed by atoms with E-state index < -0.39 is 11.3 Å². The first-order chi connectivity index (χ1) is 40.7. The molecule has 0 spiro atoms. The average molecular weight is 1240 g/mol. The van der Waals surface area contributed by atoms with E-state index in [1.807, 2.05) is 25.1 Å². The van der Waals surface area contributed by atoms with Crippen molar-refractivity contribution in [3.63, 3.8) is 0 Å². The Labute approximate surface area is 520 Å². The van der Waals surface area contributed by atoms with Gasteiger partial charge in [0.2, 0.25) is 0 Å². The molecule has 9 heteroatoms. The van der Waals surface area contributed by atoms with Crippen LogP contribution in [0.2, 0.25) is 0 Å². The number of aliphatic hydroxyl groups excluding tert-OH is 1. The SMILES string of the molecule is CC(=O)CCC/C=C(\C)[C@H]1CC[C@H]2[C@@H]3CC=C4C[C@@H](O)CC[C@]4(C)[C@H]3CC[C@]12C.CC(=O)[C@H]1CC[C@H]2[C@@H]3CC=C4C[C@@H](OC5CCCCO5)CC[C@]4(C)[C@H]3CC[C@]12C.O=C(O)CCCCP(Br)(c1ccccc1)(c1ccccc1)c1ccccc1. The molecule has 3 aromatic rings. The van der Waals surface area contributed by atoms with E-state index in [1.54, 1.807) is 23.6 Å². The summed E-state index contributed by atoms with van der Waals surface area (Å²) in [5, 5.41) is 20.2. The molecule has 1 aliphatic heterocycles. The molecule has 1 heterocycles. The van der Waals surface area contributed by atoms with Crippen molar-refractivity contribution in [2.45, 2.75) is 227 Å². The van der Waals surface area contributed by atoms with Gasteiger partial charge >= 0.3 is 169 Å². The zero-order valence-electron chi connectivity index (χ0n) is 53.1. The Morgan fingerprint density at radius 1 is 0.612 bits per heavy atom. The number of hydrogen-bond donors (Lipinski definition) is 2. The first-order valence-corrected chi connectivity index (χ1v) is 38.3. The van der Waals surface area contributed by atoms with Crippen LogP contribution in [-0.4, -0.2) is 59.0 Å². The van der Waals surface area contributed by atoms with Crippen molar-refractivity contribution in [2.24, 2.45) is 69.0 Å². The van der Waals surface area contributed by atoms with Gasteiger partial charge in [-0.2, -0.15) is 0 Å². The molecule has 85 heavy (non-hydrogen) atoms. The number of aliphatic hydroxyl groups is 1. The number of carbonyl (C=O) groups excluding carboxylic acids is 2. The maximum atomic E-state index is 12.3. The van der Waals surface area contributed by atoms with E-state index in [-0.39, 0.29) is 24.2 Å². The summed E-state index contributed by atoms with van der Waals surface area (Å²) in [4.78, 5) is 34.6. The van der Waals surface area contributed by atoms with Crippen LogP contribution in [0.5, 0.6) is 0 Å². The minimum absolute atomic E-state index is 0.0347. The Bertz CT molecular complexity index is 2780. The molecular weight excluding hydrogens is 1140 g/mol. The second kappa shape index (κ2) is 26.9. The van der Waals surface area contributed by atoms with E-state index in [0.717, 1.165) is 112 Å². The molecule has 0 radical (unpaired) electrons. The third kappa shape index (κ3) is 12.8. The third-order valence-electron chi connectivity index (χ3n) is 25.0. The molecule has 0 aromatic heterocycles. The number of aliphatic carboxylic acids is 1. The summed E-state index contributed by atoms with van der Waals surface area (Å²) < 4.78 is 12.2. The number of unbranched alkanes of at least 4 members (excludes halogenated alkanes) is 2. The number of carbonyl (C=O) groups is 3. The number of hydrogen-bond acceptors (Lipinski definition) is 6. The van der Waals surface area contributed by atoms with E-state index in [9.17, 15) is 19.5 Å². The second-order valence-corrected chi connectivity index (χ2v) is 38.5. The van der Waals surface area contributed by atoms with Crippen LogP contribution >= 0.6 is 20.8 Å². The molecule has 1 unspecified atom stereocenters. The first kappa shape index (κ1) is 64.5. The summed E-state index contributed by atoms with van der Waals surface area (Å²) >= 11 is 4.37. The van der Waals surface area contributed by atoms with Gasteiger partial charge in [0.1, 0.15) is 11.6 Å². The predicted octanol–water partition coefficient (Wildman–Crippen LogP) is 17.8. The molecule has 3 aromatic carbocycles. The molecule has 464 valence electrons. The molecule has 9 aliphatic rings. The molecule has 15 atom stereocenters. The fourth-order valence-corrected chi connectivity index (χ4v) is 28.1. The van der Waals surface area contributed by atoms with Crippen molar-refractivity contribution < 1.29 is 34.1 Å². The predicted molar refractivity (Wildman–Crippen MR) is 354 cm³/mol. The number of ether oxygens (including phenoxy) is 2. The normalized spacial score (nSPS) is 36.2. The Balaban J connectivity index is 0.000000142. The topological polar surface area (TPSA) is 110 Å². The van der Waals surface area contributed by atoms with Crippen LogP contribution in [0.4, 0.5) is 0 Å². The van der Waals surface area contributed by atoms with Crippen LogP contribution in [0, 0.1) is 69.0 Å². The number of carboxylic acids is 1. The summed E-state index contributed by atoms with van der Waals surface area (Å²) in [5.74, 6) is 5.92. The van der Waals surface area contributed by atoms with Crippen molar-refractivity contribution in [2.75, 3.05) is 12.8 Å². The van der Waals surface area contributed by atoms with Gasteiger partial charge in [-0.1, -0.05) is 62.6 Å². The van der Waals surface area contributed by atoms with Crippen LogP contribution in [0.3, 0.4) is 0 Å². The van der Waals surface area contributed by atoms with Crippen LogP contribution in [0.1, 0.15) is 209 Å². The number of allylic oxidation sites excluding steroid dienone is 4. The van der Waals surface area contributed by atoms with Crippen molar-refractivity contribution in [3.05, 3.63) is 126 Å². The molecule has 7 nitrogen and oxygen atoms in total. The van der Waals surface area contributed by atoms with Gasteiger partial charge in [0.05, 0.1) is 12.2 Å². The molecule has 1 saturated heterocycles. The summed E-state index contributed by atoms with van der Waals surface area (Å²) in [7, 11) is 0. The number of halogens is 1. The van der Waals surface area contributed by atoms with E-state index in [4.69, 9.17) is 14.6 Å². The molecule has 7 fully saturated rings. The van der Waals surface area contributed by atoms with Gasteiger partial charge < -0.3 is 19.4 Å². The summed E-state index contributed by atoms with van der Waals surface area (Å²) in [6.45, 7) is 16.9. The van der Waals surface area contributed by atoms with Crippen LogP contribution < -0.4 is 15.9 Å². The van der Waals surface area contributed by atoms with Crippen molar-refractivity contribution >= 4 is 54.2 Å². The molecule has 0 bridgehead atoms. The number of carboxylic acid groups (broad SMARTS) is 1. The first-order valence-electron chi connectivity index (χ1n) is 33.8. The number of ketones is 2. The van der Waals surface area contributed by atoms with Crippen LogP contribution in [0.15, 0.2) is 126 Å². The fraction of sp³-hybridized carbons (Fsp3) is 0.645. The summed E-state index contributed by atoms with van der Waals surface area (Å²) in [6, 6.07) is 31.8. The summed E-state index contributed by atoms with van der Waals surface area (Å²) in [6.07, 6.45) is 36.3. The van der Waals surface area contributed by atoms with E-state index in [0.29, 0.717) is 46.3 Å². The minimum atomic E-state index is -2.89. The number of Topliss-reactive ketones (excluding diaryl/α,β-unsaturated/α-hetero) is 2. The molecular formula is C76H106BrO7P. The Kier molecular flexibility index (Phi) is 20.4. The molecule has 6 saturated carbocycles. The van der Waals surface area contributed by atoms with Gasteiger partial charge in [-0.05, 0) is 219 Å². The Morgan fingerprint density at radius 2 is 1.14 bits per heavy atom. The molecule has 12 rings (SSSR count). The van der Waals surface area contributed by atoms with Crippen molar-refractivity contribution in [1.82, 2.24) is 0 Å². The van der Waals surface area contributed by atoms with Crippen molar-refractivity contribution in [3.8, 4) is 0 Å². The zero-order valence-corrected chi connectivity index (χ0v) is 55.6. The maximum absolute atomic E-state index is 12.3. The van der Waals surface area contributed by atoms with Gasteiger partial charge in [0.25, 0.3) is 0 Å². The summed E-state index contributed by atoms with van der Waals surface area (Å²) in [5.41, 5.74) is 6.26. The van der Waals surface area contributed by atoms with Crippen molar-refractivity contribution in [1.29, 1.82) is 0 Å². The monoisotopic (exact) mass is 1240 g/mol. The number of benzene rings is 3. The number of fused-ring (bicyclic) bond motifs is 10. The van der Waals surface area contributed by atoms with Crippen LogP contribution in [-0.2, 0) is 23.9 Å². The average Bonchev–Trinajstić information content (AvgIpc) is 1.92. The van der Waals surface area contributed by atoms with Gasteiger partial charge in [-0.25, -0.2) is 0 Å². The van der Waals surface area contributed by atoms with Gasteiger partial charge in [-0.3, -0.25) is 4.79 Å². The fourth-order valence-electron chi connectivity index (χ4n) is 20.4. The molecule has 0 amide bonds. The van der Waals surface area contributed by atoms with Crippen LogP contribution in [0.25, 0.3) is 0 Å². The Hall–Kier alpha value is -3.52.